The fourth-order valence-electron chi connectivity index (χ4n) is 5.28. The summed E-state index contributed by atoms with van der Waals surface area (Å²) in [5, 5.41) is 9.80. The number of hydrogen-bond acceptors (Lipinski definition) is 6. The van der Waals surface area contributed by atoms with Crippen molar-refractivity contribution in [2.75, 3.05) is 24.5 Å². The monoisotopic (exact) mass is 442 g/mol. The number of hydrogen-bond donors (Lipinski definition) is 1. The van der Waals surface area contributed by atoms with E-state index < -0.39 is 10.0 Å². The van der Waals surface area contributed by atoms with E-state index in [1.807, 2.05) is 23.5 Å². The third-order valence-corrected chi connectivity index (χ3v) is 10.1. The number of anilines is 1. The van der Waals surface area contributed by atoms with Gasteiger partial charge < -0.3 is 9.88 Å². The van der Waals surface area contributed by atoms with Gasteiger partial charge in [-0.1, -0.05) is 6.42 Å². The predicted octanol–water partition coefficient (Wildman–Crippen LogP) is 3.05. The van der Waals surface area contributed by atoms with E-state index in [0.29, 0.717) is 32.5 Å². The molecular weight excluding hydrogens is 412 g/mol. The van der Waals surface area contributed by atoms with E-state index >= 15 is 0 Å². The third kappa shape index (κ3) is 3.60. The molecule has 0 bridgehead atoms. The Kier molecular flexibility index (Phi) is 5.18. The summed E-state index contributed by atoms with van der Waals surface area (Å²) in [6.45, 7) is 3.68. The van der Waals surface area contributed by atoms with Crippen LogP contribution < -0.4 is 4.90 Å². The van der Waals surface area contributed by atoms with Crippen molar-refractivity contribution in [1.82, 2.24) is 19.3 Å². The first kappa shape index (κ1) is 20.7. The first-order valence-corrected chi connectivity index (χ1v) is 12.9. The van der Waals surface area contributed by atoms with Crippen LogP contribution in [-0.4, -0.2) is 58.1 Å². The van der Waals surface area contributed by atoms with E-state index in [1.54, 1.807) is 6.33 Å². The number of nitrogens with zero attached hydrogens (tertiary/aromatic N) is 5. The molecule has 2 aromatic heterocycles. The van der Waals surface area contributed by atoms with E-state index in [9.17, 15) is 13.7 Å². The van der Waals surface area contributed by atoms with Gasteiger partial charge in [-0.25, -0.2) is 18.4 Å². The Labute approximate surface area is 183 Å². The van der Waals surface area contributed by atoms with Crippen molar-refractivity contribution in [2.24, 2.45) is 11.8 Å². The molecule has 0 aromatic carbocycles. The molecule has 1 spiro atoms. The van der Waals surface area contributed by atoms with Crippen molar-refractivity contribution in [3.8, 4) is 6.07 Å². The molecule has 1 N–H and O–H groups in total. The lowest BCUT2D eigenvalue weighted by molar-refractivity contribution is 0.240. The van der Waals surface area contributed by atoms with Gasteiger partial charge in [0.15, 0.2) is 0 Å². The number of nitriles is 1. The van der Waals surface area contributed by atoms with E-state index in [4.69, 9.17) is 0 Å². The van der Waals surface area contributed by atoms with Gasteiger partial charge in [0.1, 0.15) is 17.8 Å². The summed E-state index contributed by atoms with van der Waals surface area (Å²) in [5.74, 6) is 1.02. The fourth-order valence-corrected chi connectivity index (χ4v) is 7.92. The molecule has 3 fully saturated rings. The summed E-state index contributed by atoms with van der Waals surface area (Å²) < 4.78 is 29.6. The number of aromatic amines is 1. The molecular formula is C22H30N6O2S. The van der Waals surface area contributed by atoms with Crippen LogP contribution in [-0.2, 0) is 10.0 Å². The summed E-state index contributed by atoms with van der Waals surface area (Å²) in [6, 6.07) is 4.24. The second kappa shape index (κ2) is 7.75. The Morgan fingerprint density at radius 2 is 2.10 bits per heavy atom. The molecule has 3 aliphatic rings. The van der Waals surface area contributed by atoms with Crippen LogP contribution in [0.3, 0.4) is 0 Å². The Hall–Kier alpha value is -2.18. The molecule has 9 heteroatoms. The average Bonchev–Trinajstić information content (AvgIpc) is 3.30. The molecule has 2 saturated carbocycles. The number of H-pyrrole nitrogens is 1. The van der Waals surface area contributed by atoms with Crippen LogP contribution in [0.2, 0.25) is 0 Å². The molecule has 2 aliphatic carbocycles. The highest BCUT2D eigenvalue weighted by molar-refractivity contribution is 7.89. The second-order valence-electron chi connectivity index (χ2n) is 9.54. The van der Waals surface area contributed by atoms with Crippen molar-refractivity contribution < 1.29 is 8.42 Å². The molecule has 166 valence electrons. The summed E-state index contributed by atoms with van der Waals surface area (Å²) >= 11 is 0. The molecule has 2 unspecified atom stereocenters. The molecule has 0 radical (unpaired) electrons. The minimum Gasteiger partial charge on any atom is -0.353 e. The van der Waals surface area contributed by atoms with Gasteiger partial charge >= 0.3 is 0 Å². The van der Waals surface area contributed by atoms with E-state index in [2.05, 4.69) is 25.9 Å². The summed E-state index contributed by atoms with van der Waals surface area (Å²) in [5.41, 5.74) is 0.495. The smallest absolute Gasteiger partial charge is 0.217 e. The van der Waals surface area contributed by atoms with Crippen LogP contribution >= 0.6 is 0 Å². The van der Waals surface area contributed by atoms with Gasteiger partial charge in [0.2, 0.25) is 10.0 Å². The highest BCUT2D eigenvalue weighted by atomic mass is 32.2. The Balaban J connectivity index is 1.38. The quantitative estimate of drug-likeness (QED) is 0.706. The first-order valence-electron chi connectivity index (χ1n) is 11.4. The SMILES string of the molecule is CC(C#N)CCC(C1CCC1)S(=O)(=O)N1CCN(c2ncnc3[nH]ccc23)CC12CC2. The van der Waals surface area contributed by atoms with Crippen LogP contribution in [0.1, 0.15) is 51.9 Å². The van der Waals surface area contributed by atoms with E-state index in [-0.39, 0.29) is 22.6 Å². The van der Waals surface area contributed by atoms with Crippen LogP contribution in [0.4, 0.5) is 5.82 Å². The molecule has 0 amide bonds. The maximum absolute atomic E-state index is 13.9. The van der Waals surface area contributed by atoms with Crippen molar-refractivity contribution in [2.45, 2.75) is 62.7 Å². The second-order valence-corrected chi connectivity index (χ2v) is 11.6. The molecule has 3 heterocycles. The van der Waals surface area contributed by atoms with Gasteiger partial charge in [-0.2, -0.15) is 9.57 Å². The third-order valence-electron chi connectivity index (χ3n) is 7.52. The first-order chi connectivity index (χ1) is 14.9. The number of piperazine rings is 1. The number of fused-ring (bicyclic) bond motifs is 1. The predicted molar refractivity (Wildman–Crippen MR) is 119 cm³/mol. The standard InChI is InChI=1S/C22H30N6O2S/c1-16(13-23)5-6-19(17-3-2-4-17)31(29,30)28-12-11-27(14-22(28)8-9-22)21-18-7-10-24-20(18)25-15-26-21/h7,10,15-17,19H,2-6,8-9,11-12,14H2,1H3,(H,24,25,26). The number of nitrogens with one attached hydrogen (secondary N) is 1. The molecule has 2 atom stereocenters. The van der Waals surface area contributed by atoms with Crippen molar-refractivity contribution in [1.29, 1.82) is 5.26 Å². The normalized spacial score (nSPS) is 23.4. The molecule has 1 aliphatic heterocycles. The topological polar surface area (TPSA) is 106 Å². The number of sulfonamides is 1. The lowest BCUT2D eigenvalue weighted by Gasteiger charge is -2.45. The van der Waals surface area contributed by atoms with Crippen LogP contribution in [0.15, 0.2) is 18.6 Å². The van der Waals surface area contributed by atoms with Gasteiger partial charge in [-0.3, -0.25) is 0 Å². The largest absolute Gasteiger partial charge is 0.353 e. The molecule has 31 heavy (non-hydrogen) atoms. The van der Waals surface area contributed by atoms with Crippen LogP contribution in [0.5, 0.6) is 0 Å². The summed E-state index contributed by atoms with van der Waals surface area (Å²) in [6.07, 6.45) is 9.57. The lowest BCUT2D eigenvalue weighted by Crippen LogP contribution is -2.60. The van der Waals surface area contributed by atoms with Gasteiger partial charge in [-0.15, -0.1) is 0 Å². The lowest BCUT2D eigenvalue weighted by atomic mass is 9.81. The highest BCUT2D eigenvalue weighted by Crippen LogP contribution is 2.49. The summed E-state index contributed by atoms with van der Waals surface area (Å²) in [7, 11) is -3.41. The van der Waals surface area contributed by atoms with E-state index in [1.165, 1.54) is 0 Å². The van der Waals surface area contributed by atoms with Crippen molar-refractivity contribution >= 4 is 26.9 Å². The van der Waals surface area contributed by atoms with Gasteiger partial charge in [0.25, 0.3) is 0 Å². The maximum atomic E-state index is 13.9. The van der Waals surface area contributed by atoms with Gasteiger partial charge in [-0.05, 0) is 57.4 Å². The van der Waals surface area contributed by atoms with E-state index in [0.717, 1.165) is 49.0 Å². The van der Waals surface area contributed by atoms with Gasteiger partial charge in [0, 0.05) is 31.7 Å². The molecule has 2 aromatic rings. The molecule has 1 saturated heterocycles. The molecule has 5 rings (SSSR count). The van der Waals surface area contributed by atoms with Crippen molar-refractivity contribution in [3.63, 3.8) is 0 Å². The number of rotatable bonds is 7. The maximum Gasteiger partial charge on any atom is 0.217 e. The zero-order chi connectivity index (χ0) is 21.6. The Bertz CT molecular complexity index is 1100. The number of aromatic nitrogens is 3. The highest BCUT2D eigenvalue weighted by Gasteiger charge is 2.58. The minimum atomic E-state index is -3.41. The van der Waals surface area contributed by atoms with Gasteiger partial charge in [0.05, 0.1) is 22.2 Å². The Morgan fingerprint density at radius 3 is 2.77 bits per heavy atom. The Morgan fingerprint density at radius 1 is 1.29 bits per heavy atom. The minimum absolute atomic E-state index is 0.106. The van der Waals surface area contributed by atoms with Crippen LogP contribution in [0.25, 0.3) is 11.0 Å². The fraction of sp³-hybridized carbons (Fsp3) is 0.682. The molecule has 8 nitrogen and oxygen atoms in total. The zero-order valence-electron chi connectivity index (χ0n) is 18.0. The zero-order valence-corrected chi connectivity index (χ0v) is 18.8. The average molecular weight is 443 g/mol. The van der Waals surface area contributed by atoms with Crippen molar-refractivity contribution in [3.05, 3.63) is 18.6 Å². The van der Waals surface area contributed by atoms with Crippen LogP contribution in [0, 0.1) is 23.2 Å². The summed E-state index contributed by atoms with van der Waals surface area (Å²) in [4.78, 5) is 14.2.